The molecule has 1 atom stereocenters. The predicted molar refractivity (Wildman–Crippen MR) is 109 cm³/mol. The quantitative estimate of drug-likeness (QED) is 0.832. The van der Waals surface area contributed by atoms with E-state index in [1.54, 1.807) is 0 Å². The monoisotopic (exact) mass is 383 g/mol. The molecule has 1 fully saturated rings. The fourth-order valence-corrected chi connectivity index (χ4v) is 3.49. The number of nitrogens with one attached hydrogen (secondary N) is 1. The average Bonchev–Trinajstić information content (AvgIpc) is 3.15. The van der Waals surface area contributed by atoms with Crippen LogP contribution in [0.3, 0.4) is 0 Å². The van der Waals surface area contributed by atoms with Gasteiger partial charge < -0.3 is 15.0 Å². The molecule has 2 amide bonds. The summed E-state index contributed by atoms with van der Waals surface area (Å²) in [4.78, 5) is 31.7. The number of benzene rings is 1. The van der Waals surface area contributed by atoms with Crippen molar-refractivity contribution in [3.05, 3.63) is 41.6 Å². The maximum absolute atomic E-state index is 12.7. The minimum Gasteiger partial charge on any atom is -0.369 e. The molecule has 0 spiro atoms. The molecule has 1 aliphatic rings. The molecule has 6 nitrogen and oxygen atoms in total. The lowest BCUT2D eigenvalue weighted by Gasteiger charge is -2.18. The average molecular weight is 383 g/mol. The van der Waals surface area contributed by atoms with E-state index < -0.39 is 0 Å². The van der Waals surface area contributed by atoms with Crippen LogP contribution in [0.15, 0.2) is 30.3 Å². The van der Waals surface area contributed by atoms with Crippen LogP contribution in [0.1, 0.15) is 56.1 Å². The first kappa shape index (κ1) is 20.3. The zero-order chi connectivity index (χ0) is 20.3. The Labute approximate surface area is 166 Å². The molecule has 6 heteroatoms. The van der Waals surface area contributed by atoms with Gasteiger partial charge in [-0.15, -0.1) is 0 Å². The van der Waals surface area contributed by atoms with Crippen molar-refractivity contribution in [1.29, 1.82) is 0 Å². The van der Waals surface area contributed by atoms with E-state index in [-0.39, 0.29) is 36.5 Å². The Morgan fingerprint density at radius 2 is 2.00 bits per heavy atom. The largest absolute Gasteiger partial charge is 0.369 e. The highest BCUT2D eigenvalue weighted by Gasteiger charge is 2.29. The Bertz CT molecular complexity index is 863. The summed E-state index contributed by atoms with van der Waals surface area (Å²) in [5, 5.41) is 3.82. The second-order valence-electron chi connectivity index (χ2n) is 7.93. The third-order valence-corrected chi connectivity index (χ3v) is 4.90. The van der Waals surface area contributed by atoms with E-state index >= 15 is 0 Å². The predicted octanol–water partition coefficient (Wildman–Crippen LogP) is 3.11. The zero-order valence-electron chi connectivity index (χ0n) is 17.1. The standard InChI is InChI=1S/C22H29N3O3/c1-14(2)23-22(27)18-11-20(24-19-8-6-5-7-17(18)19)16-9-10-25(12-16)21(26)13-28-15(3)4/h5-8,11,14-16H,9-10,12-13H2,1-4H3,(H,23,27). The number of pyridine rings is 1. The molecule has 0 saturated carbocycles. The van der Waals surface area contributed by atoms with Crippen molar-refractivity contribution in [2.24, 2.45) is 0 Å². The Morgan fingerprint density at radius 1 is 1.25 bits per heavy atom. The van der Waals surface area contributed by atoms with Gasteiger partial charge in [-0.2, -0.15) is 0 Å². The van der Waals surface area contributed by atoms with E-state index in [0.717, 1.165) is 23.0 Å². The van der Waals surface area contributed by atoms with Crippen LogP contribution in [-0.2, 0) is 9.53 Å². The Kier molecular flexibility index (Phi) is 6.29. The van der Waals surface area contributed by atoms with Gasteiger partial charge >= 0.3 is 0 Å². The first-order chi connectivity index (χ1) is 13.3. The summed E-state index contributed by atoms with van der Waals surface area (Å²) in [6.07, 6.45) is 0.871. The van der Waals surface area contributed by atoms with Crippen molar-refractivity contribution in [1.82, 2.24) is 15.2 Å². The van der Waals surface area contributed by atoms with Gasteiger partial charge in [-0.3, -0.25) is 14.6 Å². The molecule has 0 aliphatic carbocycles. The number of para-hydroxylation sites is 1. The molecule has 0 bridgehead atoms. The fraction of sp³-hybridized carbons (Fsp3) is 0.500. The first-order valence-electron chi connectivity index (χ1n) is 9.95. The summed E-state index contributed by atoms with van der Waals surface area (Å²) in [6, 6.07) is 9.65. The van der Waals surface area contributed by atoms with Crippen LogP contribution in [0.2, 0.25) is 0 Å². The highest BCUT2D eigenvalue weighted by Crippen LogP contribution is 2.29. The van der Waals surface area contributed by atoms with Crippen LogP contribution in [-0.4, -0.2) is 53.5 Å². The molecule has 150 valence electrons. The molecular weight excluding hydrogens is 354 g/mol. The fourth-order valence-electron chi connectivity index (χ4n) is 3.49. The van der Waals surface area contributed by atoms with Crippen molar-refractivity contribution in [2.45, 2.75) is 52.2 Å². The highest BCUT2D eigenvalue weighted by molar-refractivity contribution is 6.06. The molecule has 2 aromatic rings. The molecular formula is C22H29N3O3. The molecule has 1 N–H and O–H groups in total. The number of rotatable bonds is 6. The van der Waals surface area contributed by atoms with Gasteiger partial charge in [-0.25, -0.2) is 0 Å². The van der Waals surface area contributed by atoms with Gasteiger partial charge in [0.25, 0.3) is 5.91 Å². The topological polar surface area (TPSA) is 71.5 Å². The summed E-state index contributed by atoms with van der Waals surface area (Å²) in [7, 11) is 0. The van der Waals surface area contributed by atoms with E-state index in [1.165, 1.54) is 0 Å². The molecule has 1 aliphatic heterocycles. The summed E-state index contributed by atoms with van der Waals surface area (Å²) in [5.41, 5.74) is 2.32. The number of aromatic nitrogens is 1. The zero-order valence-corrected chi connectivity index (χ0v) is 17.1. The Hall–Kier alpha value is -2.47. The normalized spacial score (nSPS) is 16.9. The summed E-state index contributed by atoms with van der Waals surface area (Å²) >= 11 is 0. The maximum atomic E-state index is 12.7. The number of carbonyl (C=O) groups excluding carboxylic acids is 2. The van der Waals surface area contributed by atoms with E-state index in [9.17, 15) is 9.59 Å². The van der Waals surface area contributed by atoms with E-state index in [4.69, 9.17) is 9.72 Å². The van der Waals surface area contributed by atoms with Crippen molar-refractivity contribution >= 4 is 22.7 Å². The number of hydrogen-bond acceptors (Lipinski definition) is 4. The minimum absolute atomic E-state index is 0.00904. The van der Waals surface area contributed by atoms with Crippen LogP contribution < -0.4 is 5.32 Å². The molecule has 28 heavy (non-hydrogen) atoms. The first-order valence-corrected chi connectivity index (χ1v) is 9.95. The second-order valence-corrected chi connectivity index (χ2v) is 7.93. The Morgan fingerprint density at radius 3 is 2.71 bits per heavy atom. The number of likely N-dealkylation sites (tertiary alicyclic amines) is 1. The summed E-state index contributed by atoms with van der Waals surface area (Å²) < 4.78 is 5.44. The van der Waals surface area contributed by atoms with Gasteiger partial charge in [0.2, 0.25) is 5.91 Å². The van der Waals surface area contributed by atoms with Gasteiger partial charge in [0, 0.05) is 36.1 Å². The molecule has 1 unspecified atom stereocenters. The van der Waals surface area contributed by atoms with Crippen molar-refractivity contribution < 1.29 is 14.3 Å². The van der Waals surface area contributed by atoms with Crippen LogP contribution in [0, 0.1) is 0 Å². The second kappa shape index (κ2) is 8.69. The van der Waals surface area contributed by atoms with Crippen molar-refractivity contribution in [3.8, 4) is 0 Å². The Balaban J connectivity index is 1.83. The minimum atomic E-state index is -0.0916. The number of amides is 2. The van der Waals surface area contributed by atoms with E-state index in [0.29, 0.717) is 18.7 Å². The highest BCUT2D eigenvalue weighted by atomic mass is 16.5. The molecule has 3 rings (SSSR count). The van der Waals surface area contributed by atoms with Gasteiger partial charge in [-0.1, -0.05) is 18.2 Å². The lowest BCUT2D eigenvalue weighted by Crippen LogP contribution is -2.32. The third kappa shape index (κ3) is 4.68. The molecule has 0 radical (unpaired) electrons. The van der Waals surface area contributed by atoms with Gasteiger partial charge in [0.15, 0.2) is 0 Å². The van der Waals surface area contributed by atoms with Crippen LogP contribution in [0.4, 0.5) is 0 Å². The number of fused-ring (bicyclic) bond motifs is 1. The van der Waals surface area contributed by atoms with Gasteiger partial charge in [-0.05, 0) is 46.2 Å². The number of ether oxygens (including phenoxy) is 1. The lowest BCUT2D eigenvalue weighted by atomic mass is 9.99. The van der Waals surface area contributed by atoms with E-state index in [2.05, 4.69) is 5.32 Å². The van der Waals surface area contributed by atoms with Crippen LogP contribution in [0.5, 0.6) is 0 Å². The summed E-state index contributed by atoms with van der Waals surface area (Å²) in [5.74, 6) is 0.0408. The van der Waals surface area contributed by atoms with Crippen molar-refractivity contribution in [3.63, 3.8) is 0 Å². The molecule has 1 saturated heterocycles. The van der Waals surface area contributed by atoms with Crippen molar-refractivity contribution in [2.75, 3.05) is 19.7 Å². The number of nitrogens with zero attached hydrogens (tertiary/aromatic N) is 2. The number of hydrogen-bond donors (Lipinski definition) is 1. The third-order valence-electron chi connectivity index (χ3n) is 4.90. The lowest BCUT2D eigenvalue weighted by molar-refractivity contribution is -0.136. The number of carbonyl (C=O) groups is 2. The van der Waals surface area contributed by atoms with Crippen LogP contribution in [0.25, 0.3) is 10.9 Å². The van der Waals surface area contributed by atoms with Gasteiger partial charge in [0.05, 0.1) is 17.2 Å². The smallest absolute Gasteiger partial charge is 0.252 e. The van der Waals surface area contributed by atoms with Gasteiger partial charge in [0.1, 0.15) is 6.61 Å². The molecule has 1 aromatic heterocycles. The summed E-state index contributed by atoms with van der Waals surface area (Å²) in [6.45, 7) is 9.14. The molecule has 1 aromatic carbocycles. The SMILES string of the molecule is CC(C)NC(=O)c1cc(C2CCN(C(=O)COC(C)C)C2)nc2ccccc12. The maximum Gasteiger partial charge on any atom is 0.252 e. The molecule has 2 heterocycles. The van der Waals surface area contributed by atoms with Crippen LogP contribution >= 0.6 is 0 Å². The van der Waals surface area contributed by atoms with E-state index in [1.807, 2.05) is 62.9 Å².